The molecule has 4 atom stereocenters. The number of pyridine rings is 1. The SMILES string of the molecule is CCCNC(=O)C[C@@H]1CC[C@@H]2[C@H](COC[C@H](O)CN2C(=O)c2cccnc2)O1. The lowest BCUT2D eigenvalue weighted by Crippen LogP contribution is -2.57. The van der Waals surface area contributed by atoms with Gasteiger partial charge in [0.15, 0.2) is 0 Å². The smallest absolute Gasteiger partial charge is 0.255 e. The Kier molecular flexibility index (Phi) is 7.36. The molecule has 28 heavy (non-hydrogen) atoms. The predicted molar refractivity (Wildman–Crippen MR) is 102 cm³/mol. The average molecular weight is 391 g/mol. The van der Waals surface area contributed by atoms with Crippen LogP contribution in [-0.4, -0.2) is 77.5 Å². The molecule has 0 aliphatic carbocycles. The number of rotatable bonds is 5. The van der Waals surface area contributed by atoms with E-state index in [4.69, 9.17) is 9.47 Å². The second kappa shape index (κ2) is 9.95. The first kappa shape index (κ1) is 20.7. The summed E-state index contributed by atoms with van der Waals surface area (Å²) in [5.74, 6) is -0.192. The lowest BCUT2D eigenvalue weighted by atomic mass is 9.94. The molecule has 8 heteroatoms. The molecule has 3 heterocycles. The molecule has 0 unspecified atom stereocenters. The zero-order chi connectivity index (χ0) is 19.9. The number of hydrogen-bond donors (Lipinski definition) is 2. The van der Waals surface area contributed by atoms with E-state index in [1.165, 1.54) is 6.20 Å². The molecule has 1 aromatic rings. The van der Waals surface area contributed by atoms with E-state index in [0.717, 1.165) is 6.42 Å². The third-order valence-corrected chi connectivity index (χ3v) is 5.14. The van der Waals surface area contributed by atoms with E-state index in [9.17, 15) is 14.7 Å². The number of nitrogens with zero attached hydrogens (tertiary/aromatic N) is 2. The Labute approximate surface area is 165 Å². The lowest BCUT2D eigenvalue weighted by molar-refractivity contribution is -0.150. The van der Waals surface area contributed by atoms with E-state index in [2.05, 4.69) is 10.3 Å². The molecule has 2 saturated heterocycles. The van der Waals surface area contributed by atoms with Crippen molar-refractivity contribution in [2.45, 2.75) is 57.0 Å². The van der Waals surface area contributed by atoms with Gasteiger partial charge in [-0.1, -0.05) is 6.92 Å². The van der Waals surface area contributed by atoms with Crippen LogP contribution in [0, 0.1) is 0 Å². The van der Waals surface area contributed by atoms with Crippen molar-refractivity contribution in [2.75, 3.05) is 26.3 Å². The minimum atomic E-state index is -0.751. The summed E-state index contributed by atoms with van der Waals surface area (Å²) in [6.45, 7) is 3.28. The van der Waals surface area contributed by atoms with Crippen molar-refractivity contribution in [3.63, 3.8) is 0 Å². The number of carbonyl (C=O) groups is 2. The molecular formula is C20H29N3O5. The first-order valence-electron chi connectivity index (χ1n) is 9.97. The molecule has 0 bridgehead atoms. The monoisotopic (exact) mass is 391 g/mol. The van der Waals surface area contributed by atoms with Crippen LogP contribution >= 0.6 is 0 Å². The van der Waals surface area contributed by atoms with Crippen molar-refractivity contribution in [2.24, 2.45) is 0 Å². The molecule has 2 aliphatic rings. The number of amides is 2. The largest absolute Gasteiger partial charge is 0.389 e. The van der Waals surface area contributed by atoms with Crippen molar-refractivity contribution >= 4 is 11.8 Å². The van der Waals surface area contributed by atoms with Gasteiger partial charge in [-0.05, 0) is 31.4 Å². The van der Waals surface area contributed by atoms with Crippen LogP contribution in [0.15, 0.2) is 24.5 Å². The number of ether oxygens (including phenoxy) is 2. The molecule has 2 aliphatic heterocycles. The Balaban J connectivity index is 1.70. The van der Waals surface area contributed by atoms with Crippen molar-refractivity contribution in [1.29, 1.82) is 0 Å². The highest BCUT2D eigenvalue weighted by atomic mass is 16.5. The number of fused-ring (bicyclic) bond motifs is 1. The maximum atomic E-state index is 13.1. The molecule has 2 N–H and O–H groups in total. The molecule has 2 fully saturated rings. The maximum absolute atomic E-state index is 13.1. The van der Waals surface area contributed by atoms with Crippen LogP contribution in [0.1, 0.15) is 43.0 Å². The van der Waals surface area contributed by atoms with Crippen molar-refractivity contribution in [3.8, 4) is 0 Å². The highest BCUT2D eigenvalue weighted by Gasteiger charge is 2.40. The van der Waals surface area contributed by atoms with Crippen LogP contribution in [0.5, 0.6) is 0 Å². The van der Waals surface area contributed by atoms with E-state index in [1.54, 1.807) is 23.2 Å². The predicted octanol–water partition coefficient (Wildman–Crippen LogP) is 0.747. The Morgan fingerprint density at radius 3 is 2.96 bits per heavy atom. The summed E-state index contributed by atoms with van der Waals surface area (Å²) < 4.78 is 11.7. The number of nitrogens with one attached hydrogen (secondary N) is 1. The van der Waals surface area contributed by atoms with E-state index < -0.39 is 6.10 Å². The molecule has 0 saturated carbocycles. The average Bonchev–Trinajstić information content (AvgIpc) is 2.70. The Hall–Kier alpha value is -2.03. The number of aliphatic hydroxyl groups is 1. The molecule has 2 amide bonds. The van der Waals surface area contributed by atoms with Crippen molar-refractivity contribution in [3.05, 3.63) is 30.1 Å². The van der Waals surface area contributed by atoms with Gasteiger partial charge >= 0.3 is 0 Å². The molecule has 8 nitrogen and oxygen atoms in total. The maximum Gasteiger partial charge on any atom is 0.255 e. The van der Waals surface area contributed by atoms with Gasteiger partial charge in [-0.2, -0.15) is 0 Å². The first-order chi connectivity index (χ1) is 13.6. The van der Waals surface area contributed by atoms with Gasteiger partial charge in [-0.15, -0.1) is 0 Å². The minimum Gasteiger partial charge on any atom is -0.389 e. The summed E-state index contributed by atoms with van der Waals surface area (Å²) in [5.41, 5.74) is 0.482. The zero-order valence-corrected chi connectivity index (χ0v) is 16.3. The summed E-state index contributed by atoms with van der Waals surface area (Å²) in [6.07, 6.45) is 4.45. The number of aliphatic hydroxyl groups excluding tert-OH is 1. The highest BCUT2D eigenvalue weighted by Crippen LogP contribution is 2.28. The van der Waals surface area contributed by atoms with Crippen LogP contribution < -0.4 is 5.32 Å². The van der Waals surface area contributed by atoms with E-state index in [1.807, 2.05) is 6.92 Å². The van der Waals surface area contributed by atoms with Gasteiger partial charge in [0.05, 0.1) is 43.4 Å². The van der Waals surface area contributed by atoms with E-state index in [-0.39, 0.29) is 49.8 Å². The topological polar surface area (TPSA) is 101 Å². The van der Waals surface area contributed by atoms with Gasteiger partial charge in [0.25, 0.3) is 5.91 Å². The lowest BCUT2D eigenvalue weighted by Gasteiger charge is -2.44. The molecule has 3 rings (SSSR count). The van der Waals surface area contributed by atoms with E-state index in [0.29, 0.717) is 31.4 Å². The van der Waals surface area contributed by atoms with E-state index >= 15 is 0 Å². The number of aromatic nitrogens is 1. The fraction of sp³-hybridized carbons (Fsp3) is 0.650. The zero-order valence-electron chi connectivity index (χ0n) is 16.3. The normalized spacial score (nSPS) is 28.0. The third-order valence-electron chi connectivity index (χ3n) is 5.14. The standard InChI is InChI=1S/C20H29N3O5/c1-2-7-22-19(25)9-16-5-6-17-18(28-16)13-27-12-15(24)11-23(17)20(26)14-4-3-8-21-10-14/h3-4,8,10,15-18,24H,2,5-7,9,11-13H2,1H3,(H,22,25)/t15-,16+,17-,18+/m1/s1. The van der Waals surface area contributed by atoms with Crippen molar-refractivity contribution < 1.29 is 24.2 Å². The second-order valence-corrected chi connectivity index (χ2v) is 7.39. The molecule has 0 radical (unpaired) electrons. The number of β-amino-alcohol motifs (C(OH)–C–C–N with tert-alkyl or cyclic N) is 1. The molecule has 0 spiro atoms. The molecule has 154 valence electrons. The fourth-order valence-electron chi connectivity index (χ4n) is 3.77. The summed E-state index contributed by atoms with van der Waals surface area (Å²) in [6, 6.07) is 3.23. The summed E-state index contributed by atoms with van der Waals surface area (Å²) in [7, 11) is 0. The van der Waals surface area contributed by atoms with Crippen LogP contribution in [-0.2, 0) is 14.3 Å². The number of hydrogen-bond acceptors (Lipinski definition) is 6. The minimum absolute atomic E-state index is 0.0178. The van der Waals surface area contributed by atoms with Crippen LogP contribution in [0.3, 0.4) is 0 Å². The summed E-state index contributed by atoms with van der Waals surface area (Å²) >= 11 is 0. The highest BCUT2D eigenvalue weighted by molar-refractivity contribution is 5.94. The van der Waals surface area contributed by atoms with Gasteiger partial charge in [0.2, 0.25) is 5.91 Å². The Morgan fingerprint density at radius 1 is 1.36 bits per heavy atom. The van der Waals surface area contributed by atoms with Crippen LogP contribution in [0.25, 0.3) is 0 Å². The Bertz CT molecular complexity index is 657. The van der Waals surface area contributed by atoms with Crippen molar-refractivity contribution in [1.82, 2.24) is 15.2 Å². The fourth-order valence-corrected chi connectivity index (χ4v) is 3.77. The quantitative estimate of drug-likeness (QED) is 0.768. The van der Waals surface area contributed by atoms with Gasteiger partial charge in [0.1, 0.15) is 6.10 Å². The van der Waals surface area contributed by atoms with Gasteiger partial charge in [-0.25, -0.2) is 0 Å². The number of carbonyl (C=O) groups excluding carboxylic acids is 2. The first-order valence-corrected chi connectivity index (χ1v) is 9.97. The Morgan fingerprint density at radius 2 is 2.21 bits per heavy atom. The van der Waals surface area contributed by atoms with Crippen LogP contribution in [0.4, 0.5) is 0 Å². The summed E-state index contributed by atoms with van der Waals surface area (Å²) in [5, 5.41) is 13.1. The van der Waals surface area contributed by atoms with Gasteiger partial charge < -0.3 is 24.8 Å². The summed E-state index contributed by atoms with van der Waals surface area (Å²) in [4.78, 5) is 30.8. The molecular weight excluding hydrogens is 362 g/mol. The van der Waals surface area contributed by atoms with Crippen LogP contribution in [0.2, 0.25) is 0 Å². The van der Waals surface area contributed by atoms with Gasteiger partial charge in [0, 0.05) is 25.5 Å². The van der Waals surface area contributed by atoms with Gasteiger partial charge in [-0.3, -0.25) is 14.6 Å². The third kappa shape index (κ3) is 5.27. The molecule has 0 aromatic carbocycles. The molecule has 1 aromatic heterocycles. The second-order valence-electron chi connectivity index (χ2n) is 7.39.